The molecule has 0 bridgehead atoms. The van der Waals surface area contributed by atoms with Gasteiger partial charge in [-0.05, 0) is 98.0 Å². The monoisotopic (exact) mass is 782 g/mol. The number of aryl methyl sites for hydroxylation is 1. The van der Waals surface area contributed by atoms with Gasteiger partial charge in [0, 0.05) is 47.0 Å². The van der Waals surface area contributed by atoms with E-state index < -0.39 is 17.2 Å². The van der Waals surface area contributed by atoms with Crippen LogP contribution in [0.3, 0.4) is 0 Å². The van der Waals surface area contributed by atoms with Crippen molar-refractivity contribution in [3.63, 3.8) is 0 Å². The normalized spacial score (nSPS) is 13.1. The van der Waals surface area contributed by atoms with Crippen LogP contribution in [0, 0.1) is 6.92 Å². The Bertz CT molecular complexity index is 3070. The maximum absolute atomic E-state index is 13.3. The first-order valence-electron chi connectivity index (χ1n) is 19.7. The molecule has 1 spiro atoms. The van der Waals surface area contributed by atoms with Crippen molar-refractivity contribution >= 4 is 0 Å². The number of hydrogen-bond acceptors (Lipinski definition) is 4. The molecule has 2 aliphatic rings. The lowest BCUT2D eigenvalue weighted by molar-refractivity contribution is -0.137. The molecular formula is C53H33F3N4. The van der Waals surface area contributed by atoms with Crippen LogP contribution in [-0.2, 0) is 11.6 Å². The van der Waals surface area contributed by atoms with Crippen LogP contribution in [0.25, 0.3) is 78.4 Å². The third-order valence-corrected chi connectivity index (χ3v) is 12.1. The molecule has 0 saturated heterocycles. The summed E-state index contributed by atoms with van der Waals surface area (Å²) in [5.74, 6) is 1.03. The highest BCUT2D eigenvalue weighted by atomic mass is 19.4. The number of hydrogen-bond donors (Lipinski definition) is 0. The SMILES string of the molecule is Cc1ccc(-c2ncc(-c3ccc4c(c3)C3(c5cc(-c6cnc(-c7ccc(C(F)(F)F)cc7)nc6)ccc5-c5ccccc5-4)c4ccccc4-c4ccccc43)cn2)cc1. The molecule has 7 aromatic carbocycles. The molecule has 0 radical (unpaired) electrons. The Morgan fingerprint density at radius 2 is 0.733 bits per heavy atom. The Morgan fingerprint density at radius 1 is 0.367 bits per heavy atom. The molecule has 0 atom stereocenters. The van der Waals surface area contributed by atoms with Gasteiger partial charge in [-0.25, -0.2) is 19.9 Å². The average Bonchev–Trinajstić information content (AvgIpc) is 3.54. The van der Waals surface area contributed by atoms with E-state index in [-0.39, 0.29) is 0 Å². The van der Waals surface area contributed by atoms with Crippen LogP contribution in [0.2, 0.25) is 0 Å². The summed E-state index contributed by atoms with van der Waals surface area (Å²) in [6.07, 6.45) is 2.91. The standard InChI is InChI=1S/C53H33F3N4/c1-32-14-16-33(17-15-32)50-57-28-37(29-58-50)35-20-24-44-40-8-2-3-9-41(40)45-25-21-36(38-30-59-51(60-31-38)34-18-22-39(23-19-34)53(54,55)56)27-49(45)52(48(44)26-35)46-12-6-4-10-42(46)43-11-5-7-13-47(43)52/h2-31H,1H3. The number of rotatable bonds is 4. The van der Waals surface area contributed by atoms with Crippen molar-refractivity contribution in [3.05, 3.63) is 216 Å². The summed E-state index contributed by atoms with van der Waals surface area (Å²) < 4.78 is 39.9. The highest BCUT2D eigenvalue weighted by Gasteiger charge is 2.50. The molecule has 0 N–H and O–H groups in total. The number of benzene rings is 7. The molecule has 2 aromatic heterocycles. The fourth-order valence-electron chi connectivity index (χ4n) is 9.21. The second-order valence-corrected chi connectivity index (χ2v) is 15.4. The van der Waals surface area contributed by atoms with Crippen molar-refractivity contribution in [1.82, 2.24) is 19.9 Å². The highest BCUT2D eigenvalue weighted by molar-refractivity contribution is 5.98. The van der Waals surface area contributed by atoms with Gasteiger partial charge in [0.1, 0.15) is 0 Å². The Labute approximate surface area is 344 Å². The molecule has 4 nitrogen and oxygen atoms in total. The minimum atomic E-state index is -4.42. The van der Waals surface area contributed by atoms with E-state index in [1.54, 1.807) is 12.4 Å². The molecule has 0 saturated carbocycles. The number of aromatic nitrogens is 4. The molecule has 7 heteroatoms. The molecule has 286 valence electrons. The van der Waals surface area contributed by atoms with Crippen LogP contribution in [0.5, 0.6) is 0 Å². The predicted molar refractivity (Wildman–Crippen MR) is 231 cm³/mol. The van der Waals surface area contributed by atoms with Crippen LogP contribution in [0.15, 0.2) is 183 Å². The molecule has 11 rings (SSSR count). The van der Waals surface area contributed by atoms with Gasteiger partial charge in [0.25, 0.3) is 0 Å². The van der Waals surface area contributed by atoms with Gasteiger partial charge in [0.15, 0.2) is 11.6 Å². The minimum absolute atomic E-state index is 0.351. The maximum Gasteiger partial charge on any atom is 0.416 e. The van der Waals surface area contributed by atoms with E-state index in [9.17, 15) is 13.2 Å². The Morgan fingerprint density at radius 3 is 1.17 bits per heavy atom. The van der Waals surface area contributed by atoms with Crippen molar-refractivity contribution in [1.29, 1.82) is 0 Å². The van der Waals surface area contributed by atoms with Crippen LogP contribution < -0.4 is 0 Å². The Balaban J connectivity index is 1.13. The number of alkyl halides is 3. The zero-order chi connectivity index (χ0) is 40.6. The van der Waals surface area contributed by atoms with E-state index in [4.69, 9.17) is 9.97 Å². The van der Waals surface area contributed by atoms with E-state index in [1.165, 1.54) is 39.9 Å². The summed E-state index contributed by atoms with van der Waals surface area (Å²) in [4.78, 5) is 19.0. The van der Waals surface area contributed by atoms with E-state index in [1.807, 2.05) is 12.4 Å². The van der Waals surface area contributed by atoms with Gasteiger partial charge in [0.05, 0.1) is 11.0 Å². The molecule has 2 heterocycles. The third-order valence-electron chi connectivity index (χ3n) is 12.1. The topological polar surface area (TPSA) is 51.6 Å². The third kappa shape index (κ3) is 5.53. The largest absolute Gasteiger partial charge is 0.416 e. The summed E-state index contributed by atoms with van der Waals surface area (Å²) in [6.45, 7) is 2.07. The molecule has 0 amide bonds. The lowest BCUT2D eigenvalue weighted by atomic mass is 9.65. The van der Waals surface area contributed by atoms with Crippen LogP contribution in [-0.4, -0.2) is 19.9 Å². The quantitative estimate of drug-likeness (QED) is 0.178. The molecule has 0 fully saturated rings. The van der Waals surface area contributed by atoms with Crippen LogP contribution in [0.1, 0.15) is 33.4 Å². The van der Waals surface area contributed by atoms with Crippen molar-refractivity contribution < 1.29 is 13.2 Å². The molecule has 0 unspecified atom stereocenters. The van der Waals surface area contributed by atoms with E-state index >= 15 is 0 Å². The molecule has 9 aromatic rings. The van der Waals surface area contributed by atoms with E-state index in [2.05, 4.69) is 150 Å². The lowest BCUT2D eigenvalue weighted by Crippen LogP contribution is -2.29. The molecule has 0 aliphatic heterocycles. The fraction of sp³-hybridized carbons (Fsp3) is 0.0566. The predicted octanol–water partition coefficient (Wildman–Crippen LogP) is 13.3. The van der Waals surface area contributed by atoms with Gasteiger partial charge in [-0.3, -0.25) is 0 Å². The maximum atomic E-state index is 13.3. The van der Waals surface area contributed by atoms with Gasteiger partial charge in [0.2, 0.25) is 0 Å². The Kier molecular flexibility index (Phi) is 8.04. The van der Waals surface area contributed by atoms with Crippen LogP contribution in [0.4, 0.5) is 13.2 Å². The van der Waals surface area contributed by atoms with Crippen LogP contribution >= 0.6 is 0 Å². The van der Waals surface area contributed by atoms with Gasteiger partial charge < -0.3 is 0 Å². The summed E-state index contributed by atoms with van der Waals surface area (Å²) in [5.41, 5.74) is 16.4. The van der Waals surface area contributed by atoms with E-state index in [0.29, 0.717) is 17.2 Å². The second-order valence-electron chi connectivity index (χ2n) is 15.4. The fourth-order valence-corrected chi connectivity index (χ4v) is 9.21. The zero-order valence-electron chi connectivity index (χ0n) is 32.2. The summed E-state index contributed by atoms with van der Waals surface area (Å²) >= 11 is 0. The second kappa shape index (κ2) is 13.5. The van der Waals surface area contributed by atoms with Crippen molar-refractivity contribution in [2.24, 2.45) is 0 Å². The van der Waals surface area contributed by atoms with E-state index in [0.717, 1.165) is 73.3 Å². The Hall–Kier alpha value is -7.51. The first kappa shape index (κ1) is 35.6. The van der Waals surface area contributed by atoms with Gasteiger partial charge in [-0.15, -0.1) is 0 Å². The number of halogens is 3. The molecule has 60 heavy (non-hydrogen) atoms. The summed E-state index contributed by atoms with van der Waals surface area (Å²) in [7, 11) is 0. The first-order chi connectivity index (χ1) is 29.3. The summed E-state index contributed by atoms with van der Waals surface area (Å²) in [5, 5.41) is 0. The van der Waals surface area contributed by atoms with Gasteiger partial charge >= 0.3 is 6.18 Å². The van der Waals surface area contributed by atoms with Gasteiger partial charge in [-0.1, -0.05) is 139 Å². The lowest BCUT2D eigenvalue weighted by Gasteiger charge is -2.36. The summed E-state index contributed by atoms with van der Waals surface area (Å²) in [6, 6.07) is 52.6. The minimum Gasteiger partial charge on any atom is -0.236 e. The van der Waals surface area contributed by atoms with Crippen molar-refractivity contribution in [2.75, 3.05) is 0 Å². The average molecular weight is 783 g/mol. The molecule has 2 aliphatic carbocycles. The first-order valence-corrected chi connectivity index (χ1v) is 19.7. The van der Waals surface area contributed by atoms with Gasteiger partial charge in [-0.2, -0.15) is 13.2 Å². The number of fused-ring (bicyclic) bond motifs is 12. The number of nitrogens with zero attached hydrogens (tertiary/aromatic N) is 4. The van der Waals surface area contributed by atoms with Crippen molar-refractivity contribution in [2.45, 2.75) is 18.5 Å². The smallest absolute Gasteiger partial charge is 0.236 e. The highest BCUT2D eigenvalue weighted by Crippen LogP contribution is 2.62. The van der Waals surface area contributed by atoms with Crippen molar-refractivity contribution in [3.8, 4) is 78.4 Å². The zero-order valence-corrected chi connectivity index (χ0v) is 32.2. The molecular weight excluding hydrogens is 750 g/mol.